The normalized spacial score (nSPS) is 23.0. The Kier molecular flexibility index (Phi) is 6.27. The molecule has 3 heterocycles. The highest BCUT2D eigenvalue weighted by atomic mass is 16.2. The predicted molar refractivity (Wildman–Crippen MR) is 127 cm³/mol. The van der Waals surface area contributed by atoms with Crippen molar-refractivity contribution in [2.45, 2.75) is 50.7 Å². The van der Waals surface area contributed by atoms with Gasteiger partial charge in [-0.1, -0.05) is 48.6 Å². The van der Waals surface area contributed by atoms with Gasteiger partial charge in [0.05, 0.1) is 12.2 Å². The van der Waals surface area contributed by atoms with E-state index in [9.17, 15) is 9.59 Å². The average molecular weight is 445 g/mol. The van der Waals surface area contributed by atoms with Crippen LogP contribution in [0, 0.1) is 5.92 Å². The van der Waals surface area contributed by atoms with Gasteiger partial charge in [0.25, 0.3) is 5.91 Å². The number of carbonyl (C=O) groups excluding carboxylic acids is 2. The van der Waals surface area contributed by atoms with Gasteiger partial charge >= 0.3 is 6.03 Å². The molecule has 0 radical (unpaired) electrons. The molecular formula is C27H32N4O2. The van der Waals surface area contributed by atoms with Gasteiger partial charge in [-0.15, -0.1) is 0 Å². The van der Waals surface area contributed by atoms with Crippen LogP contribution in [0.25, 0.3) is 0 Å². The molecule has 2 fully saturated rings. The van der Waals surface area contributed by atoms with Crippen molar-refractivity contribution in [2.24, 2.45) is 5.92 Å². The van der Waals surface area contributed by atoms with Crippen molar-refractivity contribution in [3.63, 3.8) is 0 Å². The third-order valence-corrected chi connectivity index (χ3v) is 7.43. The van der Waals surface area contributed by atoms with Crippen LogP contribution in [-0.2, 0) is 17.9 Å². The summed E-state index contributed by atoms with van der Waals surface area (Å²) in [6, 6.07) is 15.4. The third-order valence-electron chi connectivity index (χ3n) is 7.43. The largest absolute Gasteiger partial charge is 0.328 e. The van der Waals surface area contributed by atoms with Gasteiger partial charge < -0.3 is 9.80 Å². The number of allylic oxidation sites excluding steroid dienone is 2. The number of carbonyl (C=O) groups is 2. The van der Waals surface area contributed by atoms with Crippen LogP contribution in [0.15, 0.2) is 66.9 Å². The van der Waals surface area contributed by atoms with E-state index in [1.807, 2.05) is 53.4 Å². The number of rotatable bonds is 6. The molecule has 1 spiro atoms. The second-order valence-corrected chi connectivity index (χ2v) is 9.55. The molecule has 3 aliphatic rings. The summed E-state index contributed by atoms with van der Waals surface area (Å²) >= 11 is 0. The van der Waals surface area contributed by atoms with E-state index >= 15 is 0 Å². The first-order chi connectivity index (χ1) is 16.2. The highest BCUT2D eigenvalue weighted by Gasteiger charge is 2.57. The van der Waals surface area contributed by atoms with Crippen LogP contribution < -0.4 is 0 Å². The standard InChI is InChI=1S/C27H32N4O2/c32-25-27(14-17-29(18-15-27)19-22-9-3-1-4-10-22)31(20-23-11-5-2-6-12-23)26(33)30(25)21-24-13-7-8-16-28-24/h1-3,5-8,11-13,16,22H,4,9-10,14-15,17-21H2. The number of hydrogen-bond donors (Lipinski definition) is 0. The summed E-state index contributed by atoms with van der Waals surface area (Å²) in [6.07, 6.45) is 11.2. The average Bonchev–Trinajstić information content (AvgIpc) is 3.04. The Balaban J connectivity index is 1.36. The van der Waals surface area contributed by atoms with Crippen molar-refractivity contribution < 1.29 is 9.59 Å². The summed E-state index contributed by atoms with van der Waals surface area (Å²) in [5.74, 6) is 0.639. The van der Waals surface area contributed by atoms with E-state index in [1.54, 1.807) is 6.20 Å². The summed E-state index contributed by atoms with van der Waals surface area (Å²) < 4.78 is 0. The minimum atomic E-state index is -0.759. The van der Waals surface area contributed by atoms with Crippen molar-refractivity contribution in [3.05, 3.63) is 78.1 Å². The lowest BCUT2D eigenvalue weighted by Gasteiger charge is -2.43. The Labute approximate surface area is 195 Å². The number of amides is 3. The third kappa shape index (κ3) is 4.44. The lowest BCUT2D eigenvalue weighted by Crippen LogP contribution is -2.56. The lowest BCUT2D eigenvalue weighted by atomic mass is 9.84. The van der Waals surface area contributed by atoms with E-state index in [2.05, 4.69) is 22.0 Å². The van der Waals surface area contributed by atoms with Crippen LogP contribution in [0.2, 0.25) is 0 Å². The Morgan fingerprint density at radius 3 is 2.42 bits per heavy atom. The molecular weight excluding hydrogens is 412 g/mol. The maximum absolute atomic E-state index is 13.8. The first-order valence-corrected chi connectivity index (χ1v) is 12.1. The zero-order chi connectivity index (χ0) is 22.7. The Morgan fingerprint density at radius 2 is 1.73 bits per heavy atom. The van der Waals surface area contributed by atoms with Gasteiger partial charge in [0.15, 0.2) is 0 Å². The molecule has 172 valence electrons. The number of benzene rings is 1. The molecule has 33 heavy (non-hydrogen) atoms. The minimum absolute atomic E-state index is 0.0608. The van der Waals surface area contributed by atoms with Crippen molar-refractivity contribution in [3.8, 4) is 0 Å². The van der Waals surface area contributed by atoms with Gasteiger partial charge in [-0.25, -0.2) is 4.79 Å². The van der Waals surface area contributed by atoms with Crippen molar-refractivity contribution in [1.29, 1.82) is 0 Å². The molecule has 6 nitrogen and oxygen atoms in total. The summed E-state index contributed by atoms with van der Waals surface area (Å²) in [7, 11) is 0. The van der Waals surface area contributed by atoms with E-state index in [0.717, 1.165) is 37.3 Å². The van der Waals surface area contributed by atoms with Crippen LogP contribution in [0.5, 0.6) is 0 Å². The van der Waals surface area contributed by atoms with E-state index < -0.39 is 5.54 Å². The molecule has 1 aromatic carbocycles. The number of imide groups is 1. The number of nitrogens with zero attached hydrogens (tertiary/aromatic N) is 4. The number of piperidine rings is 1. The molecule has 0 N–H and O–H groups in total. The topological polar surface area (TPSA) is 56.8 Å². The first-order valence-electron chi connectivity index (χ1n) is 12.1. The highest BCUT2D eigenvalue weighted by Crippen LogP contribution is 2.39. The van der Waals surface area contributed by atoms with Crippen LogP contribution in [0.1, 0.15) is 43.4 Å². The fourth-order valence-electron chi connectivity index (χ4n) is 5.54. The van der Waals surface area contributed by atoms with Crippen LogP contribution >= 0.6 is 0 Å². The molecule has 0 bridgehead atoms. The molecule has 1 aliphatic carbocycles. The number of pyridine rings is 1. The summed E-state index contributed by atoms with van der Waals surface area (Å²) in [4.78, 5) is 37.5. The zero-order valence-corrected chi connectivity index (χ0v) is 19.1. The lowest BCUT2D eigenvalue weighted by molar-refractivity contribution is -0.136. The minimum Gasteiger partial charge on any atom is -0.305 e. The van der Waals surface area contributed by atoms with Crippen molar-refractivity contribution >= 4 is 11.9 Å². The molecule has 1 aromatic heterocycles. The zero-order valence-electron chi connectivity index (χ0n) is 19.1. The van der Waals surface area contributed by atoms with E-state index in [-0.39, 0.29) is 18.5 Å². The molecule has 5 rings (SSSR count). The predicted octanol–water partition coefficient (Wildman–Crippen LogP) is 4.24. The second-order valence-electron chi connectivity index (χ2n) is 9.55. The maximum atomic E-state index is 13.8. The monoisotopic (exact) mass is 444 g/mol. The fourth-order valence-corrected chi connectivity index (χ4v) is 5.54. The molecule has 6 heteroatoms. The Morgan fingerprint density at radius 1 is 0.939 bits per heavy atom. The number of likely N-dealkylation sites (tertiary alicyclic amines) is 1. The molecule has 2 aliphatic heterocycles. The SMILES string of the molecule is O=C1N(Cc2ccccn2)C(=O)C2(CCN(CC3CC=CCC3)CC2)N1Cc1ccccc1. The smallest absolute Gasteiger partial charge is 0.305 e. The van der Waals surface area contributed by atoms with Gasteiger partial charge in [-0.2, -0.15) is 0 Å². The number of hydrogen-bond acceptors (Lipinski definition) is 4. The maximum Gasteiger partial charge on any atom is 0.328 e. The fraction of sp³-hybridized carbons (Fsp3) is 0.444. The molecule has 2 aromatic rings. The van der Waals surface area contributed by atoms with Crippen LogP contribution in [-0.4, -0.2) is 56.8 Å². The first kappa shape index (κ1) is 21.8. The summed E-state index contributed by atoms with van der Waals surface area (Å²) in [5, 5.41) is 0. The molecule has 0 saturated carbocycles. The van der Waals surface area contributed by atoms with Crippen molar-refractivity contribution in [2.75, 3.05) is 19.6 Å². The number of aromatic nitrogens is 1. The molecule has 1 atom stereocenters. The van der Waals surface area contributed by atoms with Crippen LogP contribution in [0.4, 0.5) is 4.79 Å². The summed E-state index contributed by atoms with van der Waals surface area (Å²) in [5.41, 5.74) is 1.03. The van der Waals surface area contributed by atoms with Gasteiger partial charge in [0.1, 0.15) is 5.54 Å². The quantitative estimate of drug-likeness (QED) is 0.494. The molecule has 1 unspecified atom stereocenters. The number of urea groups is 1. The Hall–Kier alpha value is -2.99. The van der Waals surface area contributed by atoms with E-state index in [0.29, 0.717) is 25.3 Å². The summed E-state index contributed by atoms with van der Waals surface area (Å²) in [6.45, 7) is 3.46. The van der Waals surface area contributed by atoms with Crippen LogP contribution in [0.3, 0.4) is 0 Å². The molecule has 3 amide bonds. The van der Waals surface area contributed by atoms with Gasteiger partial charge in [-0.05, 0) is 55.7 Å². The van der Waals surface area contributed by atoms with E-state index in [1.165, 1.54) is 17.7 Å². The van der Waals surface area contributed by atoms with E-state index in [4.69, 9.17) is 0 Å². The van der Waals surface area contributed by atoms with Gasteiger partial charge in [0, 0.05) is 32.4 Å². The highest BCUT2D eigenvalue weighted by molar-refractivity contribution is 6.07. The Bertz CT molecular complexity index is 999. The van der Waals surface area contributed by atoms with Gasteiger partial charge in [-0.3, -0.25) is 14.7 Å². The van der Waals surface area contributed by atoms with Crippen molar-refractivity contribution in [1.82, 2.24) is 19.7 Å². The van der Waals surface area contributed by atoms with Gasteiger partial charge in [0.2, 0.25) is 0 Å². The second kappa shape index (κ2) is 9.48. The molecule has 2 saturated heterocycles.